The first-order valence-electron chi connectivity index (χ1n) is 8.91. The predicted molar refractivity (Wildman–Crippen MR) is 109 cm³/mol. The number of primary amides is 1. The number of fused-ring (bicyclic) bond motifs is 1. The first kappa shape index (κ1) is 19.1. The van der Waals surface area contributed by atoms with Crippen LogP contribution in [-0.4, -0.2) is 27.5 Å². The second-order valence-electron chi connectivity index (χ2n) is 6.54. The molecule has 2 aromatic carbocycles. The summed E-state index contributed by atoms with van der Waals surface area (Å²) < 4.78 is 21.3. The first-order chi connectivity index (χ1) is 14.0. The molecule has 4 rings (SSSR count). The molecule has 0 atom stereocenters. The molecule has 0 unspecified atom stereocenters. The van der Waals surface area contributed by atoms with E-state index in [-0.39, 0.29) is 5.56 Å². The van der Waals surface area contributed by atoms with Crippen LogP contribution in [-0.2, 0) is 13.2 Å². The van der Waals surface area contributed by atoms with Crippen LogP contribution in [0.2, 0.25) is 0 Å². The molecule has 1 aliphatic heterocycles. The molecule has 0 aliphatic carbocycles. The zero-order valence-electron chi connectivity index (χ0n) is 15.7. The van der Waals surface area contributed by atoms with Gasteiger partial charge in [0, 0.05) is 17.6 Å². The predicted octanol–water partition coefficient (Wildman–Crippen LogP) is 3.72. The van der Waals surface area contributed by atoms with Gasteiger partial charge >= 0.3 is 0 Å². The Balaban J connectivity index is 1.48. The Bertz CT molecular complexity index is 1080. The third-order valence-corrected chi connectivity index (χ3v) is 5.62. The molecule has 0 saturated carbocycles. The van der Waals surface area contributed by atoms with Gasteiger partial charge in [-0.2, -0.15) is 0 Å². The molecular formula is C21H19FN4O2S. The molecule has 0 fully saturated rings. The van der Waals surface area contributed by atoms with Gasteiger partial charge in [-0.15, -0.1) is 0 Å². The molecule has 2 N–H and O–H groups in total. The summed E-state index contributed by atoms with van der Waals surface area (Å²) in [5.74, 6) is 0.311. The number of hydrogen-bond donors (Lipinski definition) is 1. The fourth-order valence-electron chi connectivity index (χ4n) is 3.09. The zero-order valence-corrected chi connectivity index (χ0v) is 16.5. The highest BCUT2D eigenvalue weighted by Crippen LogP contribution is 2.31. The maximum Gasteiger partial charge on any atom is 0.251 e. The summed E-state index contributed by atoms with van der Waals surface area (Å²) in [7, 11) is 1.64. The van der Waals surface area contributed by atoms with E-state index < -0.39 is 11.7 Å². The second-order valence-corrected chi connectivity index (χ2v) is 7.64. The SMILES string of the molecule is COc1ccc(Sc2cnc3n2CN(Cc2ccc(C(N)=O)c(F)c2)C=C3)cc1. The Morgan fingerprint density at radius 2 is 2.07 bits per heavy atom. The Labute approximate surface area is 171 Å². The quantitative estimate of drug-likeness (QED) is 0.670. The maximum atomic E-state index is 14.0. The molecule has 2 heterocycles. The third kappa shape index (κ3) is 4.12. The number of benzene rings is 2. The van der Waals surface area contributed by atoms with Gasteiger partial charge in [0.1, 0.15) is 22.4 Å². The van der Waals surface area contributed by atoms with Crippen LogP contribution < -0.4 is 10.5 Å². The van der Waals surface area contributed by atoms with Crippen molar-refractivity contribution in [1.29, 1.82) is 0 Å². The lowest BCUT2D eigenvalue weighted by molar-refractivity contribution is 0.0996. The van der Waals surface area contributed by atoms with Gasteiger partial charge in [-0.3, -0.25) is 4.79 Å². The van der Waals surface area contributed by atoms with E-state index in [1.54, 1.807) is 24.9 Å². The topological polar surface area (TPSA) is 73.4 Å². The van der Waals surface area contributed by atoms with Crippen molar-refractivity contribution in [3.05, 3.63) is 77.6 Å². The fraction of sp³-hybridized carbons (Fsp3) is 0.143. The van der Waals surface area contributed by atoms with Crippen LogP contribution >= 0.6 is 11.8 Å². The first-order valence-corrected chi connectivity index (χ1v) is 9.73. The van der Waals surface area contributed by atoms with Gasteiger partial charge in [0.15, 0.2) is 0 Å². The Morgan fingerprint density at radius 3 is 2.76 bits per heavy atom. The van der Waals surface area contributed by atoms with Crippen molar-refractivity contribution in [2.24, 2.45) is 5.73 Å². The van der Waals surface area contributed by atoms with E-state index in [0.29, 0.717) is 13.2 Å². The van der Waals surface area contributed by atoms with Gasteiger partial charge in [-0.25, -0.2) is 9.37 Å². The summed E-state index contributed by atoms with van der Waals surface area (Å²) in [6.07, 6.45) is 5.71. The van der Waals surface area contributed by atoms with Crippen molar-refractivity contribution in [2.45, 2.75) is 23.1 Å². The van der Waals surface area contributed by atoms with Crippen LogP contribution in [0.5, 0.6) is 5.75 Å². The minimum atomic E-state index is -0.768. The van der Waals surface area contributed by atoms with Crippen molar-refractivity contribution in [3.63, 3.8) is 0 Å². The molecule has 0 radical (unpaired) electrons. The molecule has 1 aliphatic rings. The second kappa shape index (κ2) is 8.00. The van der Waals surface area contributed by atoms with Gasteiger partial charge in [-0.05, 0) is 48.0 Å². The number of amides is 1. The Morgan fingerprint density at radius 1 is 1.28 bits per heavy atom. The van der Waals surface area contributed by atoms with Crippen molar-refractivity contribution >= 4 is 23.7 Å². The lowest BCUT2D eigenvalue weighted by atomic mass is 10.1. The van der Waals surface area contributed by atoms with E-state index in [1.165, 1.54) is 12.1 Å². The Kier molecular flexibility index (Phi) is 5.26. The van der Waals surface area contributed by atoms with Gasteiger partial charge in [0.05, 0.1) is 25.5 Å². The number of halogens is 1. The number of hydrogen-bond acceptors (Lipinski definition) is 5. The normalized spacial score (nSPS) is 12.7. The number of aromatic nitrogens is 2. The molecule has 8 heteroatoms. The largest absolute Gasteiger partial charge is 0.497 e. The van der Waals surface area contributed by atoms with Crippen molar-refractivity contribution in [2.75, 3.05) is 7.11 Å². The number of carbonyl (C=O) groups is 1. The van der Waals surface area contributed by atoms with Crippen LogP contribution in [0.25, 0.3) is 6.08 Å². The molecule has 0 saturated heterocycles. The fourth-order valence-corrected chi connectivity index (χ4v) is 3.97. The van der Waals surface area contributed by atoms with E-state index in [2.05, 4.69) is 9.55 Å². The lowest BCUT2D eigenvalue weighted by Crippen LogP contribution is -2.25. The molecule has 29 heavy (non-hydrogen) atoms. The molecular weight excluding hydrogens is 391 g/mol. The average molecular weight is 410 g/mol. The van der Waals surface area contributed by atoms with Crippen LogP contribution in [0.4, 0.5) is 4.39 Å². The van der Waals surface area contributed by atoms with Gasteiger partial charge < -0.3 is 19.9 Å². The molecule has 1 amide bonds. The molecule has 6 nitrogen and oxygen atoms in total. The summed E-state index contributed by atoms with van der Waals surface area (Å²) in [4.78, 5) is 18.8. The number of imidazole rings is 1. The average Bonchev–Trinajstić information content (AvgIpc) is 3.10. The summed E-state index contributed by atoms with van der Waals surface area (Å²) in [5.41, 5.74) is 5.82. The van der Waals surface area contributed by atoms with Gasteiger partial charge in [-0.1, -0.05) is 17.8 Å². The monoisotopic (exact) mass is 410 g/mol. The standard InChI is InChI=1S/C21H19FN4O2S/c1-28-15-3-5-16(6-4-15)29-20-11-24-19-8-9-25(13-26(19)20)12-14-2-7-17(21(23)27)18(22)10-14/h2-11H,12-13H2,1H3,(H2,23,27). The van der Waals surface area contributed by atoms with Crippen LogP contribution in [0.3, 0.4) is 0 Å². The highest BCUT2D eigenvalue weighted by Gasteiger charge is 2.17. The highest BCUT2D eigenvalue weighted by atomic mass is 32.2. The molecule has 3 aromatic rings. The molecule has 1 aromatic heterocycles. The van der Waals surface area contributed by atoms with E-state index >= 15 is 0 Å². The van der Waals surface area contributed by atoms with Crippen molar-refractivity contribution in [1.82, 2.24) is 14.5 Å². The van der Waals surface area contributed by atoms with Crippen LogP contribution in [0.15, 0.2) is 64.8 Å². The third-order valence-electron chi connectivity index (χ3n) is 4.57. The van der Waals surface area contributed by atoms with E-state index in [9.17, 15) is 9.18 Å². The Hall–Kier alpha value is -3.26. The summed E-state index contributed by atoms with van der Waals surface area (Å²) in [6.45, 7) is 1.08. The van der Waals surface area contributed by atoms with Gasteiger partial charge in [0.2, 0.25) is 0 Å². The number of nitrogens with two attached hydrogens (primary N) is 1. The van der Waals surface area contributed by atoms with Crippen molar-refractivity contribution < 1.29 is 13.9 Å². The number of nitrogens with zero attached hydrogens (tertiary/aromatic N) is 3. The summed E-state index contributed by atoms with van der Waals surface area (Å²) in [6, 6.07) is 12.3. The lowest BCUT2D eigenvalue weighted by Gasteiger charge is -2.26. The minimum absolute atomic E-state index is 0.0991. The highest BCUT2D eigenvalue weighted by molar-refractivity contribution is 7.99. The number of ether oxygens (including phenoxy) is 1. The van der Waals surface area contributed by atoms with E-state index in [0.717, 1.165) is 27.1 Å². The smallest absolute Gasteiger partial charge is 0.251 e. The van der Waals surface area contributed by atoms with Crippen LogP contribution in [0.1, 0.15) is 21.7 Å². The maximum absolute atomic E-state index is 14.0. The van der Waals surface area contributed by atoms with Crippen LogP contribution in [0, 0.1) is 5.82 Å². The van der Waals surface area contributed by atoms with E-state index in [4.69, 9.17) is 10.5 Å². The summed E-state index contributed by atoms with van der Waals surface area (Å²) >= 11 is 1.62. The molecule has 0 spiro atoms. The number of methoxy groups -OCH3 is 1. The van der Waals surface area contributed by atoms with Gasteiger partial charge in [0.25, 0.3) is 5.91 Å². The molecule has 148 valence electrons. The summed E-state index contributed by atoms with van der Waals surface area (Å²) in [5, 5.41) is 1.01. The number of carbonyl (C=O) groups excluding carboxylic acids is 1. The number of rotatable bonds is 6. The van der Waals surface area contributed by atoms with Crippen molar-refractivity contribution in [3.8, 4) is 5.75 Å². The molecule has 0 bridgehead atoms. The van der Waals surface area contributed by atoms with E-state index in [1.807, 2.05) is 47.6 Å². The zero-order chi connectivity index (χ0) is 20.4. The minimum Gasteiger partial charge on any atom is -0.497 e.